The Labute approximate surface area is 134 Å². The molecule has 0 aliphatic heterocycles. The van der Waals surface area contributed by atoms with Crippen LogP contribution in [0.4, 0.5) is 5.69 Å². The largest absolute Gasteiger partial charge is 0.419 e. The molecule has 2 aromatic carbocycles. The summed E-state index contributed by atoms with van der Waals surface area (Å²) in [6.45, 7) is 4.00. The quantitative estimate of drug-likeness (QED) is 0.725. The fourth-order valence-corrected chi connectivity index (χ4v) is 2.22. The standard InChI is InChI=1S/C18H17N3O2/c1-12-4-3-5-15(10-12)18-21-20-17(23-18)11-19-16-8-6-14(7-9-16)13(2)22/h3-10,19H,11H2,1-2H3. The van der Waals surface area contributed by atoms with E-state index < -0.39 is 0 Å². The summed E-state index contributed by atoms with van der Waals surface area (Å²) in [7, 11) is 0. The predicted molar refractivity (Wildman–Crippen MR) is 88.2 cm³/mol. The number of Topliss-reactive ketones (excluding diaryl/α,β-unsaturated/α-hetero) is 1. The molecule has 3 aromatic rings. The first-order valence-corrected chi connectivity index (χ1v) is 7.36. The van der Waals surface area contributed by atoms with Gasteiger partial charge in [-0.1, -0.05) is 17.7 Å². The molecule has 0 saturated heterocycles. The lowest BCUT2D eigenvalue weighted by Gasteiger charge is -2.04. The summed E-state index contributed by atoms with van der Waals surface area (Å²) in [6.07, 6.45) is 0. The van der Waals surface area contributed by atoms with Crippen LogP contribution in [0.15, 0.2) is 52.9 Å². The normalized spacial score (nSPS) is 10.5. The van der Waals surface area contributed by atoms with E-state index in [0.29, 0.717) is 23.9 Å². The Morgan fingerprint density at radius 3 is 2.61 bits per heavy atom. The number of hydrogen-bond acceptors (Lipinski definition) is 5. The van der Waals surface area contributed by atoms with Gasteiger partial charge < -0.3 is 9.73 Å². The van der Waals surface area contributed by atoms with Gasteiger partial charge in [0, 0.05) is 16.8 Å². The number of aromatic nitrogens is 2. The second-order valence-electron chi connectivity index (χ2n) is 5.36. The highest BCUT2D eigenvalue weighted by Crippen LogP contribution is 2.19. The van der Waals surface area contributed by atoms with E-state index in [9.17, 15) is 4.79 Å². The average molecular weight is 307 g/mol. The van der Waals surface area contributed by atoms with Gasteiger partial charge in [-0.2, -0.15) is 0 Å². The molecule has 0 unspecified atom stereocenters. The van der Waals surface area contributed by atoms with Crippen molar-refractivity contribution in [2.45, 2.75) is 20.4 Å². The Bertz CT molecular complexity index is 822. The summed E-state index contributed by atoms with van der Waals surface area (Å²) in [6, 6.07) is 15.2. The zero-order chi connectivity index (χ0) is 16.2. The number of hydrogen-bond donors (Lipinski definition) is 1. The Hall–Kier alpha value is -2.95. The molecule has 1 heterocycles. The van der Waals surface area contributed by atoms with Gasteiger partial charge in [0.1, 0.15) is 0 Å². The van der Waals surface area contributed by atoms with E-state index in [2.05, 4.69) is 15.5 Å². The lowest BCUT2D eigenvalue weighted by molar-refractivity contribution is 0.101. The molecule has 0 atom stereocenters. The highest BCUT2D eigenvalue weighted by atomic mass is 16.4. The van der Waals surface area contributed by atoms with Crippen molar-refractivity contribution in [3.8, 4) is 11.5 Å². The highest BCUT2D eigenvalue weighted by molar-refractivity contribution is 5.94. The molecule has 0 amide bonds. The second kappa shape index (κ2) is 6.44. The van der Waals surface area contributed by atoms with Crippen LogP contribution in [0.2, 0.25) is 0 Å². The highest BCUT2D eigenvalue weighted by Gasteiger charge is 2.08. The van der Waals surface area contributed by atoms with E-state index in [4.69, 9.17) is 4.42 Å². The van der Waals surface area contributed by atoms with Gasteiger partial charge in [0.05, 0.1) is 6.54 Å². The van der Waals surface area contributed by atoms with Crippen LogP contribution >= 0.6 is 0 Å². The van der Waals surface area contributed by atoms with Crippen LogP contribution in [0, 0.1) is 6.92 Å². The molecule has 3 rings (SSSR count). The number of nitrogens with zero attached hydrogens (tertiary/aromatic N) is 2. The molecule has 0 saturated carbocycles. The van der Waals surface area contributed by atoms with Gasteiger partial charge in [-0.25, -0.2) is 0 Å². The van der Waals surface area contributed by atoms with Gasteiger partial charge in [-0.05, 0) is 50.2 Å². The number of carbonyl (C=O) groups excluding carboxylic acids is 1. The van der Waals surface area contributed by atoms with E-state index in [1.165, 1.54) is 0 Å². The number of anilines is 1. The number of carbonyl (C=O) groups is 1. The maximum absolute atomic E-state index is 11.2. The van der Waals surface area contributed by atoms with Gasteiger partial charge >= 0.3 is 0 Å². The Morgan fingerprint density at radius 1 is 1.13 bits per heavy atom. The van der Waals surface area contributed by atoms with Gasteiger partial charge in [-0.3, -0.25) is 4.79 Å². The molecule has 23 heavy (non-hydrogen) atoms. The molecule has 116 valence electrons. The SMILES string of the molecule is CC(=O)c1ccc(NCc2nnc(-c3cccc(C)c3)o2)cc1. The minimum Gasteiger partial charge on any atom is -0.419 e. The number of benzene rings is 2. The molecule has 0 aliphatic rings. The molecule has 5 heteroatoms. The third-order valence-corrected chi connectivity index (χ3v) is 3.47. The maximum atomic E-state index is 11.2. The fraction of sp³-hybridized carbons (Fsp3) is 0.167. The molecule has 1 aromatic heterocycles. The minimum absolute atomic E-state index is 0.0521. The van der Waals surface area contributed by atoms with Crippen molar-refractivity contribution in [1.82, 2.24) is 10.2 Å². The molecule has 1 N–H and O–H groups in total. The van der Waals surface area contributed by atoms with Crippen molar-refractivity contribution in [2.75, 3.05) is 5.32 Å². The average Bonchev–Trinajstić information content (AvgIpc) is 3.02. The fourth-order valence-electron chi connectivity index (χ4n) is 2.22. The summed E-state index contributed by atoms with van der Waals surface area (Å²) >= 11 is 0. The number of aryl methyl sites for hydroxylation is 1. The van der Waals surface area contributed by atoms with Gasteiger partial charge in [0.25, 0.3) is 0 Å². The third-order valence-electron chi connectivity index (χ3n) is 3.47. The summed E-state index contributed by atoms with van der Waals surface area (Å²) in [5.74, 6) is 1.07. The topological polar surface area (TPSA) is 68.0 Å². The van der Waals surface area contributed by atoms with Crippen LogP contribution < -0.4 is 5.32 Å². The van der Waals surface area contributed by atoms with Crippen LogP contribution in [-0.2, 0) is 6.54 Å². The number of nitrogens with one attached hydrogen (secondary N) is 1. The molecule has 5 nitrogen and oxygen atoms in total. The molecular weight excluding hydrogens is 290 g/mol. The first-order valence-electron chi connectivity index (χ1n) is 7.36. The van der Waals surface area contributed by atoms with Crippen molar-refractivity contribution in [3.05, 3.63) is 65.5 Å². The summed E-state index contributed by atoms with van der Waals surface area (Å²) in [5, 5.41) is 11.3. The van der Waals surface area contributed by atoms with Crippen molar-refractivity contribution < 1.29 is 9.21 Å². The Balaban J connectivity index is 1.66. The molecule has 0 radical (unpaired) electrons. The number of rotatable bonds is 5. The third kappa shape index (κ3) is 3.63. The summed E-state index contributed by atoms with van der Waals surface area (Å²) in [5.41, 5.74) is 3.64. The number of ketones is 1. The van der Waals surface area contributed by atoms with Crippen LogP contribution in [0.5, 0.6) is 0 Å². The van der Waals surface area contributed by atoms with Crippen molar-refractivity contribution in [2.24, 2.45) is 0 Å². The van der Waals surface area contributed by atoms with E-state index in [0.717, 1.165) is 16.8 Å². The van der Waals surface area contributed by atoms with Crippen LogP contribution in [0.3, 0.4) is 0 Å². The van der Waals surface area contributed by atoms with Crippen molar-refractivity contribution >= 4 is 11.5 Å². The van der Waals surface area contributed by atoms with Gasteiger partial charge in [0.2, 0.25) is 11.8 Å². The smallest absolute Gasteiger partial charge is 0.247 e. The van der Waals surface area contributed by atoms with E-state index >= 15 is 0 Å². The van der Waals surface area contributed by atoms with Crippen LogP contribution in [0.1, 0.15) is 28.7 Å². The van der Waals surface area contributed by atoms with Crippen LogP contribution in [-0.4, -0.2) is 16.0 Å². The second-order valence-corrected chi connectivity index (χ2v) is 5.36. The molecule has 0 aliphatic carbocycles. The van der Waals surface area contributed by atoms with E-state index in [1.807, 2.05) is 43.3 Å². The van der Waals surface area contributed by atoms with Crippen molar-refractivity contribution in [3.63, 3.8) is 0 Å². The summed E-state index contributed by atoms with van der Waals surface area (Å²) < 4.78 is 5.67. The lowest BCUT2D eigenvalue weighted by Crippen LogP contribution is -2.00. The minimum atomic E-state index is 0.0521. The summed E-state index contributed by atoms with van der Waals surface area (Å²) in [4.78, 5) is 11.2. The van der Waals surface area contributed by atoms with E-state index in [-0.39, 0.29) is 5.78 Å². The zero-order valence-electron chi connectivity index (χ0n) is 13.0. The first kappa shape index (κ1) is 15.0. The van der Waals surface area contributed by atoms with E-state index in [1.54, 1.807) is 19.1 Å². The van der Waals surface area contributed by atoms with Crippen LogP contribution in [0.25, 0.3) is 11.5 Å². The predicted octanol–water partition coefficient (Wildman–Crippen LogP) is 3.86. The van der Waals surface area contributed by atoms with Gasteiger partial charge in [0.15, 0.2) is 5.78 Å². The molecule has 0 fully saturated rings. The molecular formula is C18H17N3O2. The molecule has 0 bridgehead atoms. The van der Waals surface area contributed by atoms with Crippen molar-refractivity contribution in [1.29, 1.82) is 0 Å². The maximum Gasteiger partial charge on any atom is 0.247 e. The van der Waals surface area contributed by atoms with Gasteiger partial charge in [-0.15, -0.1) is 10.2 Å². The molecule has 0 spiro atoms. The first-order chi connectivity index (χ1) is 11.1. The Kier molecular flexibility index (Phi) is 4.19. The lowest BCUT2D eigenvalue weighted by atomic mass is 10.1. The monoisotopic (exact) mass is 307 g/mol. The Morgan fingerprint density at radius 2 is 1.91 bits per heavy atom. The zero-order valence-corrected chi connectivity index (χ0v) is 13.0.